The first-order chi connectivity index (χ1) is 7.50. The molecular weight excluding hydrogens is 232 g/mol. The van der Waals surface area contributed by atoms with Crippen molar-refractivity contribution in [1.82, 2.24) is 13.9 Å². The van der Waals surface area contributed by atoms with Gasteiger partial charge >= 0.3 is 16.2 Å². The molecule has 0 radical (unpaired) electrons. The molecule has 1 aromatic carbocycles. The van der Waals surface area contributed by atoms with E-state index in [0.717, 1.165) is 0 Å². The molecule has 0 fully saturated rings. The number of benzene rings is 1. The third-order valence-corrected chi connectivity index (χ3v) is 3.11. The summed E-state index contributed by atoms with van der Waals surface area (Å²) in [6, 6.07) is 5.55. The number of nitrogens with one attached hydrogen (secondary N) is 1. The van der Waals surface area contributed by atoms with Gasteiger partial charge in [0.2, 0.25) is 0 Å². The number of hydrogen-bond acceptors (Lipinski definition) is 4. The highest BCUT2D eigenvalue weighted by atomic mass is 32.2. The van der Waals surface area contributed by atoms with E-state index in [0.29, 0.717) is 15.0 Å². The molecule has 2 rings (SSSR count). The highest BCUT2D eigenvalue weighted by Gasteiger charge is 2.18. The van der Waals surface area contributed by atoms with Crippen molar-refractivity contribution < 1.29 is 13.2 Å². The van der Waals surface area contributed by atoms with Crippen LogP contribution in [0.5, 0.6) is 0 Å². The molecule has 0 saturated carbocycles. The van der Waals surface area contributed by atoms with Crippen LogP contribution in [0.4, 0.5) is 4.79 Å². The normalized spacial score (nSPS) is 11.5. The van der Waals surface area contributed by atoms with Gasteiger partial charge in [-0.1, -0.05) is 18.2 Å². The van der Waals surface area contributed by atoms with Crippen LogP contribution in [-0.4, -0.2) is 23.6 Å². The highest BCUT2D eigenvalue weighted by molar-refractivity contribution is 7.88. The van der Waals surface area contributed by atoms with Crippen LogP contribution >= 0.6 is 0 Å². The molecule has 84 valence electrons. The molecule has 3 N–H and O–H groups in total. The van der Waals surface area contributed by atoms with Gasteiger partial charge in [-0.3, -0.25) is 0 Å². The predicted molar refractivity (Wildman–Crippen MR) is 56.8 cm³/mol. The first-order valence-electron chi connectivity index (χ1n) is 4.26. The minimum absolute atomic E-state index is 0.372. The second-order valence-electron chi connectivity index (χ2n) is 3.02. The Bertz CT molecular complexity index is 646. The lowest BCUT2D eigenvalue weighted by molar-refractivity contribution is 0.253. The molecule has 1 aromatic heterocycles. The third kappa shape index (κ3) is 1.70. The Morgan fingerprint density at radius 2 is 2.06 bits per heavy atom. The summed E-state index contributed by atoms with van der Waals surface area (Å²) in [4.78, 5) is 10.5. The molecule has 0 atom stereocenters. The molecule has 0 bridgehead atoms. The minimum atomic E-state index is -4.06. The number of primary amides is 1. The van der Waals surface area contributed by atoms with Crippen molar-refractivity contribution >= 4 is 27.1 Å². The summed E-state index contributed by atoms with van der Waals surface area (Å²) < 4.78 is 25.6. The summed E-state index contributed by atoms with van der Waals surface area (Å²) in [6.07, 6.45) is 1.38. The number of aromatic nitrogens is 2. The number of amides is 2. The predicted octanol–water partition coefficient (Wildman–Crippen LogP) is -0.202. The van der Waals surface area contributed by atoms with Gasteiger partial charge in [0.15, 0.2) is 0 Å². The molecule has 0 aliphatic rings. The van der Waals surface area contributed by atoms with Crippen LogP contribution in [0.3, 0.4) is 0 Å². The van der Waals surface area contributed by atoms with Crippen molar-refractivity contribution in [3.8, 4) is 0 Å². The summed E-state index contributed by atoms with van der Waals surface area (Å²) in [5.74, 6) is 0. The molecular formula is C8H8N4O3S. The van der Waals surface area contributed by atoms with E-state index >= 15 is 0 Å². The van der Waals surface area contributed by atoms with Gasteiger partial charge in [0.05, 0.1) is 11.7 Å². The van der Waals surface area contributed by atoms with Crippen molar-refractivity contribution in [1.29, 1.82) is 0 Å². The zero-order valence-corrected chi connectivity index (χ0v) is 8.81. The number of carbonyl (C=O) groups is 1. The average molecular weight is 240 g/mol. The Kier molecular flexibility index (Phi) is 2.27. The Morgan fingerprint density at radius 3 is 2.75 bits per heavy atom. The fourth-order valence-corrected chi connectivity index (χ4v) is 2.25. The SMILES string of the molecule is NC(=O)NS(=O)(=O)n1ncc2ccccc21. The van der Waals surface area contributed by atoms with E-state index in [4.69, 9.17) is 5.73 Å². The van der Waals surface area contributed by atoms with E-state index in [1.807, 2.05) is 0 Å². The van der Waals surface area contributed by atoms with Crippen LogP contribution in [0.15, 0.2) is 30.5 Å². The molecule has 0 aliphatic heterocycles. The monoisotopic (exact) mass is 240 g/mol. The van der Waals surface area contributed by atoms with E-state index in [1.165, 1.54) is 6.20 Å². The lowest BCUT2D eigenvalue weighted by Gasteiger charge is -2.04. The minimum Gasteiger partial charge on any atom is -0.351 e. The fraction of sp³-hybridized carbons (Fsp3) is 0. The van der Waals surface area contributed by atoms with Crippen LogP contribution in [-0.2, 0) is 10.2 Å². The Balaban J connectivity index is 2.60. The number of nitrogens with two attached hydrogens (primary N) is 1. The van der Waals surface area contributed by atoms with E-state index in [-0.39, 0.29) is 0 Å². The number of fused-ring (bicyclic) bond motifs is 1. The van der Waals surface area contributed by atoms with Crippen LogP contribution in [0.2, 0.25) is 0 Å². The van der Waals surface area contributed by atoms with E-state index in [1.54, 1.807) is 29.0 Å². The number of urea groups is 1. The molecule has 2 amide bonds. The fourth-order valence-electron chi connectivity index (χ4n) is 1.31. The Hall–Kier alpha value is -2.09. The molecule has 0 saturated heterocycles. The maximum Gasteiger partial charge on any atom is 0.347 e. The summed E-state index contributed by atoms with van der Waals surface area (Å²) in [7, 11) is -4.06. The zero-order valence-electron chi connectivity index (χ0n) is 7.99. The Morgan fingerprint density at radius 1 is 1.38 bits per heavy atom. The first-order valence-corrected chi connectivity index (χ1v) is 5.70. The van der Waals surface area contributed by atoms with Gasteiger partial charge in [0, 0.05) is 5.39 Å². The molecule has 1 heterocycles. The third-order valence-electron chi connectivity index (χ3n) is 1.90. The lowest BCUT2D eigenvalue weighted by Crippen LogP contribution is -2.39. The number of nitrogens with zero attached hydrogens (tertiary/aromatic N) is 2. The van der Waals surface area contributed by atoms with E-state index < -0.39 is 16.2 Å². The van der Waals surface area contributed by atoms with Gasteiger partial charge in [0.25, 0.3) is 0 Å². The van der Waals surface area contributed by atoms with E-state index in [2.05, 4.69) is 5.10 Å². The van der Waals surface area contributed by atoms with Gasteiger partial charge in [-0.05, 0) is 6.07 Å². The van der Waals surface area contributed by atoms with Crippen LogP contribution in [0.25, 0.3) is 10.9 Å². The quantitative estimate of drug-likeness (QED) is 0.757. The number of rotatable bonds is 2. The molecule has 7 nitrogen and oxygen atoms in total. The zero-order chi connectivity index (χ0) is 11.8. The molecule has 16 heavy (non-hydrogen) atoms. The van der Waals surface area contributed by atoms with Gasteiger partial charge in [-0.2, -0.15) is 13.5 Å². The maximum atomic E-state index is 11.6. The largest absolute Gasteiger partial charge is 0.351 e. The Labute approximate surface area is 91.0 Å². The lowest BCUT2D eigenvalue weighted by atomic mass is 10.3. The summed E-state index contributed by atoms with van der Waals surface area (Å²) in [6.45, 7) is 0. The second-order valence-corrected chi connectivity index (χ2v) is 4.52. The highest BCUT2D eigenvalue weighted by Crippen LogP contribution is 2.13. The molecule has 0 unspecified atom stereocenters. The van der Waals surface area contributed by atoms with Crippen LogP contribution in [0.1, 0.15) is 0 Å². The molecule has 2 aromatic rings. The number of carbonyl (C=O) groups excluding carboxylic acids is 1. The van der Waals surface area contributed by atoms with E-state index in [9.17, 15) is 13.2 Å². The summed E-state index contributed by atoms with van der Waals surface area (Å²) in [5, 5.41) is 4.33. The molecule has 8 heteroatoms. The number of para-hydroxylation sites is 1. The summed E-state index contributed by atoms with van der Waals surface area (Å²) >= 11 is 0. The average Bonchev–Trinajstić information content (AvgIpc) is 2.59. The summed E-state index contributed by atoms with van der Waals surface area (Å²) in [5.41, 5.74) is 5.13. The number of hydrogen-bond donors (Lipinski definition) is 2. The van der Waals surface area contributed by atoms with Crippen molar-refractivity contribution in [2.45, 2.75) is 0 Å². The van der Waals surface area contributed by atoms with Gasteiger partial charge in [0.1, 0.15) is 0 Å². The molecule has 0 spiro atoms. The van der Waals surface area contributed by atoms with Gasteiger partial charge < -0.3 is 5.73 Å². The van der Waals surface area contributed by atoms with Crippen LogP contribution in [0, 0.1) is 0 Å². The van der Waals surface area contributed by atoms with Gasteiger partial charge in [-0.25, -0.2) is 9.52 Å². The molecule has 0 aliphatic carbocycles. The first kappa shape index (κ1) is 10.4. The maximum absolute atomic E-state index is 11.6. The standard InChI is InChI=1S/C8H8N4O3S/c9-8(13)11-16(14,15)12-7-4-2-1-3-6(7)5-10-12/h1-5H,(H3,9,11,13). The van der Waals surface area contributed by atoms with Crippen LogP contribution < -0.4 is 10.5 Å². The van der Waals surface area contributed by atoms with Crippen molar-refractivity contribution in [2.24, 2.45) is 5.73 Å². The van der Waals surface area contributed by atoms with Gasteiger partial charge in [-0.15, -0.1) is 4.09 Å². The van der Waals surface area contributed by atoms with Crippen molar-refractivity contribution in [3.63, 3.8) is 0 Å². The topological polar surface area (TPSA) is 107 Å². The second kappa shape index (κ2) is 3.49. The smallest absolute Gasteiger partial charge is 0.347 e. The van der Waals surface area contributed by atoms with Crippen molar-refractivity contribution in [3.05, 3.63) is 30.5 Å². The van der Waals surface area contributed by atoms with Crippen molar-refractivity contribution in [2.75, 3.05) is 0 Å².